The van der Waals surface area contributed by atoms with Gasteiger partial charge in [0.2, 0.25) is 5.91 Å². The van der Waals surface area contributed by atoms with Crippen LogP contribution in [0.5, 0.6) is 0 Å². The molecule has 24 heavy (non-hydrogen) atoms. The number of benzene rings is 1. The fraction of sp³-hybridized carbons (Fsp3) is 0.474. The van der Waals surface area contributed by atoms with Crippen LogP contribution in [-0.2, 0) is 9.53 Å². The highest BCUT2D eigenvalue weighted by molar-refractivity contribution is 5.97. The average Bonchev–Trinajstić information content (AvgIpc) is 2.89. The summed E-state index contributed by atoms with van der Waals surface area (Å²) < 4.78 is 6.83. The lowest BCUT2D eigenvalue weighted by Gasteiger charge is -2.21. The van der Waals surface area contributed by atoms with E-state index in [9.17, 15) is 9.59 Å². The van der Waals surface area contributed by atoms with Crippen molar-refractivity contribution in [3.63, 3.8) is 0 Å². The number of carbonyl (C=O) groups is 2. The van der Waals surface area contributed by atoms with E-state index in [0.717, 1.165) is 55.2 Å². The third-order valence-corrected chi connectivity index (χ3v) is 4.48. The van der Waals surface area contributed by atoms with Crippen molar-refractivity contribution in [2.75, 3.05) is 18.1 Å². The van der Waals surface area contributed by atoms with Gasteiger partial charge in [-0.15, -0.1) is 0 Å². The zero-order valence-electron chi connectivity index (χ0n) is 14.2. The van der Waals surface area contributed by atoms with Gasteiger partial charge in [0, 0.05) is 30.2 Å². The molecule has 0 atom stereocenters. The van der Waals surface area contributed by atoms with Crippen molar-refractivity contribution in [1.29, 1.82) is 0 Å². The fourth-order valence-corrected chi connectivity index (χ4v) is 3.07. The van der Waals surface area contributed by atoms with E-state index >= 15 is 0 Å². The van der Waals surface area contributed by atoms with E-state index in [-0.39, 0.29) is 12.0 Å². The number of hydrogen-bond donors (Lipinski definition) is 0. The highest BCUT2D eigenvalue weighted by atomic mass is 16.5. The van der Waals surface area contributed by atoms with Gasteiger partial charge in [-0.2, -0.15) is 0 Å². The van der Waals surface area contributed by atoms with Crippen LogP contribution in [0.3, 0.4) is 0 Å². The Balaban J connectivity index is 1.87. The lowest BCUT2D eigenvalue weighted by molar-refractivity contribution is -0.118. The Morgan fingerprint density at radius 2 is 2.08 bits per heavy atom. The lowest BCUT2D eigenvalue weighted by atomic mass is 10.2. The van der Waals surface area contributed by atoms with E-state index in [1.54, 1.807) is 6.20 Å². The molecule has 0 spiro atoms. The molecule has 2 aromatic rings. The van der Waals surface area contributed by atoms with Gasteiger partial charge in [-0.1, -0.05) is 25.8 Å². The maximum Gasteiger partial charge on any atom is 0.418 e. The number of aromatic nitrogens is 1. The minimum absolute atomic E-state index is 0.162. The summed E-state index contributed by atoms with van der Waals surface area (Å²) >= 11 is 0. The van der Waals surface area contributed by atoms with Crippen LogP contribution in [0.2, 0.25) is 0 Å². The van der Waals surface area contributed by atoms with Gasteiger partial charge in [0.25, 0.3) is 0 Å². The maximum atomic E-state index is 12.3. The molecule has 0 radical (unpaired) electrons. The molecule has 5 heteroatoms. The molecule has 0 saturated carbocycles. The Hall–Kier alpha value is -2.30. The largest absolute Gasteiger partial charge is 0.449 e. The molecule has 2 heterocycles. The normalized spacial score (nSPS) is 15.5. The molecule has 0 bridgehead atoms. The molecule has 1 aliphatic heterocycles. The van der Waals surface area contributed by atoms with Crippen LogP contribution >= 0.6 is 0 Å². The maximum absolute atomic E-state index is 12.3. The van der Waals surface area contributed by atoms with Gasteiger partial charge in [-0.05, 0) is 37.5 Å². The minimum Gasteiger partial charge on any atom is -0.449 e. The topological polar surface area (TPSA) is 51.5 Å². The van der Waals surface area contributed by atoms with Crippen molar-refractivity contribution in [2.24, 2.45) is 0 Å². The average molecular weight is 328 g/mol. The summed E-state index contributed by atoms with van der Waals surface area (Å²) in [5.74, 6) is 0.162. The van der Waals surface area contributed by atoms with Crippen LogP contribution in [-0.4, -0.2) is 29.7 Å². The molecule has 3 rings (SSSR count). The summed E-state index contributed by atoms with van der Waals surface area (Å²) in [5, 5.41) is 0.966. The minimum atomic E-state index is -0.363. The number of hydrogen-bond acceptors (Lipinski definition) is 3. The third kappa shape index (κ3) is 3.45. The molecule has 0 unspecified atom stereocenters. The van der Waals surface area contributed by atoms with Crippen molar-refractivity contribution in [3.8, 4) is 0 Å². The van der Waals surface area contributed by atoms with Crippen molar-refractivity contribution in [1.82, 2.24) is 4.57 Å². The number of amides is 1. The monoisotopic (exact) mass is 328 g/mol. The van der Waals surface area contributed by atoms with E-state index < -0.39 is 0 Å². The number of anilines is 1. The first-order valence-corrected chi connectivity index (χ1v) is 8.79. The van der Waals surface area contributed by atoms with Crippen LogP contribution in [0.25, 0.3) is 10.9 Å². The molecule has 1 aromatic carbocycles. The zero-order chi connectivity index (χ0) is 16.9. The summed E-state index contributed by atoms with van der Waals surface area (Å²) in [4.78, 5) is 26.4. The smallest absolute Gasteiger partial charge is 0.418 e. The predicted molar refractivity (Wildman–Crippen MR) is 94.4 cm³/mol. The summed E-state index contributed by atoms with van der Waals surface area (Å²) in [6.45, 7) is 3.23. The van der Waals surface area contributed by atoms with Gasteiger partial charge in [-0.25, -0.2) is 4.79 Å². The Morgan fingerprint density at radius 1 is 1.21 bits per heavy atom. The van der Waals surface area contributed by atoms with Crippen molar-refractivity contribution in [3.05, 3.63) is 30.5 Å². The summed E-state index contributed by atoms with van der Waals surface area (Å²) in [5.41, 5.74) is 1.64. The first-order chi connectivity index (χ1) is 11.7. The number of carbonyl (C=O) groups excluding carboxylic acids is 2. The number of unbranched alkanes of at least 4 members (excludes halogenated alkanes) is 1. The first kappa shape index (κ1) is 16.6. The van der Waals surface area contributed by atoms with Gasteiger partial charge in [0.1, 0.15) is 0 Å². The van der Waals surface area contributed by atoms with Gasteiger partial charge in [0.15, 0.2) is 0 Å². The molecule has 1 amide bonds. The molecule has 0 aliphatic carbocycles. The Morgan fingerprint density at radius 3 is 2.92 bits per heavy atom. The van der Waals surface area contributed by atoms with Gasteiger partial charge in [0.05, 0.1) is 12.1 Å². The van der Waals surface area contributed by atoms with Crippen LogP contribution in [0.15, 0.2) is 30.5 Å². The summed E-state index contributed by atoms with van der Waals surface area (Å²) in [7, 11) is 0. The van der Waals surface area contributed by atoms with E-state index in [1.165, 1.54) is 4.57 Å². The van der Waals surface area contributed by atoms with E-state index in [4.69, 9.17) is 4.74 Å². The summed E-state index contributed by atoms with van der Waals surface area (Å²) in [6, 6.07) is 7.72. The predicted octanol–water partition coefficient (Wildman–Crippen LogP) is 4.33. The van der Waals surface area contributed by atoms with Crippen LogP contribution in [0.1, 0.15) is 45.4 Å². The Kier molecular flexibility index (Phi) is 5.18. The Bertz CT molecular complexity index is 735. The lowest BCUT2D eigenvalue weighted by Crippen LogP contribution is -2.29. The SMILES string of the molecule is CCCCOC(=O)n1ccc2ccc(N3CCCCCC3=O)cc21. The van der Waals surface area contributed by atoms with Crippen molar-refractivity contribution in [2.45, 2.75) is 45.4 Å². The number of rotatable bonds is 4. The first-order valence-electron chi connectivity index (χ1n) is 8.79. The van der Waals surface area contributed by atoms with E-state index in [0.29, 0.717) is 13.0 Å². The standard InChI is InChI=1S/C19H24N2O3/c1-2-3-13-24-19(23)21-12-10-15-8-9-16(14-17(15)21)20-11-6-4-5-7-18(20)22/h8-10,12,14H,2-7,11,13H2,1H3. The number of ether oxygens (including phenoxy) is 1. The third-order valence-electron chi connectivity index (χ3n) is 4.48. The number of fused-ring (bicyclic) bond motifs is 1. The molecular weight excluding hydrogens is 304 g/mol. The summed E-state index contributed by atoms with van der Waals surface area (Å²) in [6.07, 6.45) is 6.87. The highest BCUT2D eigenvalue weighted by Gasteiger charge is 2.19. The molecule has 1 saturated heterocycles. The second-order valence-electron chi connectivity index (χ2n) is 6.25. The van der Waals surface area contributed by atoms with Crippen molar-refractivity contribution >= 4 is 28.6 Å². The second-order valence-corrected chi connectivity index (χ2v) is 6.25. The van der Waals surface area contributed by atoms with Crippen molar-refractivity contribution < 1.29 is 14.3 Å². The molecule has 0 N–H and O–H groups in total. The van der Waals surface area contributed by atoms with E-state index in [1.807, 2.05) is 29.2 Å². The second kappa shape index (κ2) is 7.51. The fourth-order valence-electron chi connectivity index (χ4n) is 3.07. The molecule has 1 aromatic heterocycles. The zero-order valence-corrected chi connectivity index (χ0v) is 14.2. The Labute approximate surface area is 142 Å². The molecular formula is C19H24N2O3. The molecule has 5 nitrogen and oxygen atoms in total. The molecule has 1 fully saturated rings. The van der Waals surface area contributed by atoms with Gasteiger partial charge in [-0.3, -0.25) is 9.36 Å². The van der Waals surface area contributed by atoms with Crippen LogP contribution in [0.4, 0.5) is 10.5 Å². The van der Waals surface area contributed by atoms with Gasteiger partial charge < -0.3 is 9.64 Å². The van der Waals surface area contributed by atoms with Crippen LogP contribution in [0, 0.1) is 0 Å². The highest BCUT2D eigenvalue weighted by Crippen LogP contribution is 2.26. The van der Waals surface area contributed by atoms with E-state index in [2.05, 4.69) is 6.92 Å². The molecule has 128 valence electrons. The molecule has 1 aliphatic rings. The quantitative estimate of drug-likeness (QED) is 0.785. The van der Waals surface area contributed by atoms with Crippen LogP contribution < -0.4 is 4.90 Å². The number of nitrogens with zero attached hydrogens (tertiary/aromatic N) is 2. The van der Waals surface area contributed by atoms with Gasteiger partial charge >= 0.3 is 6.09 Å².